The summed E-state index contributed by atoms with van der Waals surface area (Å²) in [5.74, 6) is -1.30. The Bertz CT molecular complexity index is 1220. The van der Waals surface area contributed by atoms with E-state index in [9.17, 15) is 19.7 Å². The van der Waals surface area contributed by atoms with Crippen molar-refractivity contribution in [1.29, 1.82) is 0 Å². The molecule has 0 aliphatic rings. The van der Waals surface area contributed by atoms with Crippen LogP contribution in [0, 0.1) is 10.1 Å². The zero-order chi connectivity index (χ0) is 23.3. The van der Waals surface area contributed by atoms with Crippen molar-refractivity contribution in [3.63, 3.8) is 0 Å². The van der Waals surface area contributed by atoms with E-state index < -0.39 is 23.4 Å². The number of hydrazone groups is 1. The maximum atomic E-state index is 12.3. The minimum Gasteiger partial charge on any atom is -0.490 e. The summed E-state index contributed by atoms with van der Waals surface area (Å²) < 4.78 is 16.6. The highest BCUT2D eigenvalue weighted by Crippen LogP contribution is 2.33. The first-order valence-corrected chi connectivity index (χ1v) is 9.90. The lowest BCUT2D eigenvalue weighted by Crippen LogP contribution is -2.16. The largest absolute Gasteiger partial charge is 0.490 e. The van der Waals surface area contributed by atoms with Crippen molar-refractivity contribution < 1.29 is 33.5 Å². The van der Waals surface area contributed by atoms with Gasteiger partial charge in [-0.15, -0.1) is 0 Å². The van der Waals surface area contributed by atoms with Gasteiger partial charge in [-0.05, 0) is 47.1 Å². The molecule has 2 aromatic carbocycles. The summed E-state index contributed by atoms with van der Waals surface area (Å²) in [5, 5.41) is 24.0. The number of nitrogens with zero attached hydrogens (tertiary/aromatic N) is 2. The number of carbonyl (C=O) groups excluding carboxylic acids is 1. The summed E-state index contributed by atoms with van der Waals surface area (Å²) in [5.41, 5.74) is 3.04. The number of furan rings is 1. The second-order valence-electron chi connectivity index (χ2n) is 6.22. The maximum Gasteiger partial charge on any atom is 0.341 e. The molecule has 0 spiro atoms. The molecule has 0 unspecified atom stereocenters. The van der Waals surface area contributed by atoms with Gasteiger partial charge >= 0.3 is 11.9 Å². The number of amides is 1. The Morgan fingerprint density at radius 2 is 2.00 bits per heavy atom. The second-order valence-corrected chi connectivity index (χ2v) is 7.08. The fraction of sp³-hybridized carbons (Fsp3) is 0.150. The third-order valence-corrected chi connectivity index (χ3v) is 4.71. The van der Waals surface area contributed by atoms with Crippen molar-refractivity contribution >= 4 is 50.7 Å². The normalized spacial score (nSPS) is 10.9. The van der Waals surface area contributed by atoms with Crippen molar-refractivity contribution in [3.05, 3.63) is 62.3 Å². The highest BCUT2D eigenvalue weighted by molar-refractivity contribution is 9.10. The lowest BCUT2D eigenvalue weighted by Gasteiger charge is -2.12. The van der Waals surface area contributed by atoms with Crippen LogP contribution in [0.25, 0.3) is 11.0 Å². The average molecular weight is 506 g/mol. The van der Waals surface area contributed by atoms with Crippen molar-refractivity contribution in [2.45, 2.75) is 6.92 Å². The molecule has 2 N–H and O–H groups in total. The van der Waals surface area contributed by atoms with E-state index in [1.807, 2.05) is 0 Å². The number of carboxylic acids is 1. The summed E-state index contributed by atoms with van der Waals surface area (Å²) in [7, 11) is 0. The second kappa shape index (κ2) is 9.92. The van der Waals surface area contributed by atoms with Gasteiger partial charge in [0.2, 0.25) is 0 Å². The molecule has 3 rings (SSSR count). The van der Waals surface area contributed by atoms with Crippen LogP contribution in [-0.2, 0) is 4.79 Å². The lowest BCUT2D eigenvalue weighted by molar-refractivity contribution is -0.384. The summed E-state index contributed by atoms with van der Waals surface area (Å²) in [6, 6.07) is 8.48. The molecule has 1 aromatic heterocycles. The Labute approximate surface area is 188 Å². The Balaban J connectivity index is 1.75. The molecular weight excluding hydrogens is 490 g/mol. The van der Waals surface area contributed by atoms with Crippen LogP contribution in [0.3, 0.4) is 0 Å². The molecule has 0 saturated carbocycles. The van der Waals surface area contributed by atoms with E-state index in [0.29, 0.717) is 33.4 Å². The minimum absolute atomic E-state index is 0.0656. The summed E-state index contributed by atoms with van der Waals surface area (Å²) in [6.07, 6.45) is 1.35. The summed E-state index contributed by atoms with van der Waals surface area (Å²) in [6.45, 7) is 1.55. The number of aliphatic carboxylic acids is 1. The topological polar surface area (TPSA) is 154 Å². The van der Waals surface area contributed by atoms with Crippen LogP contribution in [0.5, 0.6) is 11.5 Å². The van der Waals surface area contributed by atoms with Gasteiger partial charge in [-0.25, -0.2) is 10.2 Å². The van der Waals surface area contributed by atoms with Gasteiger partial charge in [0.25, 0.3) is 5.69 Å². The van der Waals surface area contributed by atoms with E-state index in [2.05, 4.69) is 26.5 Å². The zero-order valence-electron chi connectivity index (χ0n) is 16.5. The van der Waals surface area contributed by atoms with Gasteiger partial charge in [-0.2, -0.15) is 5.10 Å². The number of hydrogen-bond donors (Lipinski definition) is 2. The Morgan fingerprint density at radius 1 is 1.25 bits per heavy atom. The van der Waals surface area contributed by atoms with Crippen LogP contribution in [0.4, 0.5) is 5.69 Å². The Kier molecular flexibility index (Phi) is 7.05. The number of non-ortho nitro benzene ring substituents is 1. The predicted octanol–water partition coefficient (Wildman–Crippen LogP) is 3.73. The molecule has 0 bridgehead atoms. The molecule has 0 radical (unpaired) electrons. The van der Waals surface area contributed by atoms with E-state index in [4.69, 9.17) is 19.0 Å². The van der Waals surface area contributed by atoms with Crippen molar-refractivity contribution in [3.8, 4) is 11.5 Å². The highest BCUT2D eigenvalue weighted by atomic mass is 79.9. The first-order valence-electron chi connectivity index (χ1n) is 9.10. The van der Waals surface area contributed by atoms with Gasteiger partial charge < -0.3 is 19.0 Å². The monoisotopic (exact) mass is 505 g/mol. The smallest absolute Gasteiger partial charge is 0.341 e. The fourth-order valence-electron chi connectivity index (χ4n) is 2.64. The number of benzene rings is 2. The number of ether oxygens (including phenoxy) is 2. The molecule has 1 amide bonds. The number of carbonyl (C=O) groups is 2. The van der Waals surface area contributed by atoms with E-state index in [1.54, 1.807) is 13.0 Å². The zero-order valence-corrected chi connectivity index (χ0v) is 18.1. The number of hydrogen-bond acceptors (Lipinski definition) is 8. The van der Waals surface area contributed by atoms with Crippen LogP contribution in [-0.4, -0.2) is 41.3 Å². The van der Waals surface area contributed by atoms with Crippen molar-refractivity contribution in [2.24, 2.45) is 5.10 Å². The van der Waals surface area contributed by atoms with Crippen molar-refractivity contribution in [1.82, 2.24) is 5.43 Å². The fourth-order valence-corrected chi connectivity index (χ4v) is 3.07. The SMILES string of the molecule is CCOc1cc(C=NNC(=O)c2cc3cc([N+](=O)[O-])ccc3o2)c(Br)cc1OCC(=O)O. The quantitative estimate of drug-likeness (QED) is 0.253. The molecule has 0 aliphatic heterocycles. The number of rotatable bonds is 9. The molecule has 0 fully saturated rings. The molecule has 12 heteroatoms. The predicted molar refractivity (Wildman–Crippen MR) is 116 cm³/mol. The van der Waals surface area contributed by atoms with Gasteiger partial charge in [0.05, 0.1) is 17.7 Å². The van der Waals surface area contributed by atoms with Crippen LogP contribution in [0.1, 0.15) is 23.0 Å². The van der Waals surface area contributed by atoms with Gasteiger partial charge in [0.1, 0.15) is 5.58 Å². The van der Waals surface area contributed by atoms with Gasteiger partial charge in [0.15, 0.2) is 23.9 Å². The third kappa shape index (κ3) is 5.40. The molecule has 1 heterocycles. The van der Waals surface area contributed by atoms with Gasteiger partial charge in [0, 0.05) is 27.6 Å². The van der Waals surface area contributed by atoms with E-state index in [0.717, 1.165) is 0 Å². The van der Waals surface area contributed by atoms with Gasteiger partial charge in [-0.1, -0.05) is 0 Å². The molecule has 0 aliphatic carbocycles. The average Bonchev–Trinajstić information content (AvgIpc) is 3.18. The molecule has 11 nitrogen and oxygen atoms in total. The maximum absolute atomic E-state index is 12.3. The number of halogens is 1. The highest BCUT2D eigenvalue weighted by Gasteiger charge is 2.15. The lowest BCUT2D eigenvalue weighted by atomic mass is 10.2. The standard InChI is InChI=1S/C20H16BrN3O8/c1-2-30-16-7-12(14(21)8-17(16)31-10-19(25)26)9-22-23-20(27)18-6-11-5-13(24(28)29)3-4-15(11)32-18/h3-9H,2,10H2,1H3,(H,23,27)(H,25,26). The van der Waals surface area contributed by atoms with Crippen molar-refractivity contribution in [2.75, 3.05) is 13.2 Å². The number of nitro benzene ring substituents is 1. The molecule has 32 heavy (non-hydrogen) atoms. The summed E-state index contributed by atoms with van der Waals surface area (Å²) in [4.78, 5) is 33.4. The molecule has 166 valence electrons. The first kappa shape index (κ1) is 22.7. The number of fused-ring (bicyclic) bond motifs is 1. The number of nitro groups is 1. The first-order chi connectivity index (χ1) is 15.3. The molecule has 3 aromatic rings. The third-order valence-electron chi connectivity index (χ3n) is 4.02. The van der Waals surface area contributed by atoms with E-state index in [-0.39, 0.29) is 17.2 Å². The van der Waals surface area contributed by atoms with Crippen LogP contribution < -0.4 is 14.9 Å². The number of nitrogens with one attached hydrogen (secondary N) is 1. The van der Waals surface area contributed by atoms with Crippen LogP contribution in [0.2, 0.25) is 0 Å². The summed E-state index contributed by atoms with van der Waals surface area (Å²) >= 11 is 3.33. The number of carboxylic acid groups (broad SMARTS) is 1. The molecule has 0 saturated heterocycles. The minimum atomic E-state index is -1.13. The van der Waals surface area contributed by atoms with Gasteiger partial charge in [-0.3, -0.25) is 14.9 Å². The van der Waals surface area contributed by atoms with E-state index in [1.165, 1.54) is 36.5 Å². The Morgan fingerprint density at radius 3 is 2.69 bits per heavy atom. The van der Waals surface area contributed by atoms with Crippen LogP contribution >= 0.6 is 15.9 Å². The molecule has 0 atom stereocenters. The van der Waals surface area contributed by atoms with Crippen LogP contribution in [0.15, 0.2) is 50.4 Å². The molecular formula is C20H16BrN3O8. The Hall–Kier alpha value is -3.93. The van der Waals surface area contributed by atoms with E-state index >= 15 is 0 Å².